The van der Waals surface area contributed by atoms with E-state index in [9.17, 15) is 0 Å². The number of imidazole rings is 1. The minimum absolute atomic E-state index is 0.493. The fourth-order valence-electron chi connectivity index (χ4n) is 5.72. The maximum Gasteiger partial charge on any atom is 0.161 e. The van der Waals surface area contributed by atoms with Crippen molar-refractivity contribution in [3.05, 3.63) is 156 Å². The molecule has 8 rings (SSSR count). The number of thiophene rings is 1. The summed E-state index contributed by atoms with van der Waals surface area (Å²) in [5.74, 6) is 1.17. The fourth-order valence-corrected chi connectivity index (χ4v) is 6.85. The molecular formula is C39H27N5S. The van der Waals surface area contributed by atoms with Crippen LogP contribution in [0.5, 0.6) is 0 Å². The second kappa shape index (κ2) is 11.4. The van der Waals surface area contributed by atoms with E-state index in [4.69, 9.17) is 15.0 Å². The van der Waals surface area contributed by atoms with E-state index in [2.05, 4.69) is 95.1 Å². The molecule has 8 aromatic rings. The summed E-state index contributed by atoms with van der Waals surface area (Å²) < 4.78 is 3.48. The molecule has 0 saturated heterocycles. The van der Waals surface area contributed by atoms with Gasteiger partial charge in [0.05, 0.1) is 6.54 Å². The van der Waals surface area contributed by atoms with E-state index in [0.29, 0.717) is 18.2 Å². The van der Waals surface area contributed by atoms with Crippen molar-refractivity contribution in [1.82, 2.24) is 9.38 Å². The SMILES string of the molecule is C=N/C(=N\C(=N/Cc1ccc2cc(-c3ccc4nc5c6ccccc6sc5n4c3)ccc2c1)c1ccccc1)c1ccccc1. The van der Waals surface area contributed by atoms with Gasteiger partial charge in [-0.15, -0.1) is 11.3 Å². The molecule has 0 unspecified atom stereocenters. The molecule has 0 fully saturated rings. The van der Waals surface area contributed by atoms with E-state index in [-0.39, 0.29) is 0 Å². The van der Waals surface area contributed by atoms with E-state index < -0.39 is 0 Å². The first-order valence-electron chi connectivity index (χ1n) is 14.8. The van der Waals surface area contributed by atoms with Crippen LogP contribution in [0.4, 0.5) is 0 Å². The minimum Gasteiger partial charge on any atom is -0.290 e. The molecule has 6 heteroatoms. The predicted octanol–water partition coefficient (Wildman–Crippen LogP) is 9.62. The Bertz CT molecular complexity index is 2420. The molecule has 0 aliphatic heterocycles. The first-order chi connectivity index (χ1) is 22.2. The van der Waals surface area contributed by atoms with E-state index in [1.165, 1.54) is 31.3 Å². The van der Waals surface area contributed by atoms with Gasteiger partial charge in [-0.25, -0.2) is 15.0 Å². The van der Waals surface area contributed by atoms with Crippen LogP contribution < -0.4 is 0 Å². The highest BCUT2D eigenvalue weighted by atomic mass is 32.1. The molecule has 45 heavy (non-hydrogen) atoms. The molecule has 0 bridgehead atoms. The van der Waals surface area contributed by atoms with Gasteiger partial charge < -0.3 is 0 Å². The number of fused-ring (bicyclic) bond motifs is 6. The Kier molecular flexibility index (Phi) is 6.81. The van der Waals surface area contributed by atoms with Gasteiger partial charge in [0.25, 0.3) is 0 Å². The number of hydrogen-bond donors (Lipinski definition) is 0. The van der Waals surface area contributed by atoms with Crippen molar-refractivity contribution in [3.8, 4) is 11.1 Å². The molecule has 214 valence electrons. The van der Waals surface area contributed by atoms with Crippen LogP contribution in [0.1, 0.15) is 16.7 Å². The third kappa shape index (κ3) is 5.11. The van der Waals surface area contributed by atoms with Gasteiger partial charge in [-0.1, -0.05) is 103 Å². The smallest absolute Gasteiger partial charge is 0.161 e. The molecule has 0 aliphatic rings. The number of aromatic nitrogens is 2. The van der Waals surface area contributed by atoms with Crippen molar-refractivity contribution in [3.63, 3.8) is 0 Å². The number of amidine groups is 2. The van der Waals surface area contributed by atoms with Crippen LogP contribution in [0.2, 0.25) is 0 Å². The van der Waals surface area contributed by atoms with Gasteiger partial charge in [0.15, 0.2) is 11.7 Å². The summed E-state index contributed by atoms with van der Waals surface area (Å²) in [6.45, 7) is 4.25. The van der Waals surface area contributed by atoms with E-state index >= 15 is 0 Å². The number of hydrogen-bond acceptors (Lipinski definition) is 3. The lowest BCUT2D eigenvalue weighted by molar-refractivity contribution is 1.06. The van der Waals surface area contributed by atoms with Crippen LogP contribution in [0.15, 0.2) is 155 Å². The van der Waals surface area contributed by atoms with Crippen molar-refractivity contribution < 1.29 is 0 Å². The van der Waals surface area contributed by atoms with Crippen molar-refractivity contribution in [2.24, 2.45) is 15.0 Å². The second-order valence-electron chi connectivity index (χ2n) is 10.9. The second-order valence-corrected chi connectivity index (χ2v) is 11.9. The zero-order chi connectivity index (χ0) is 30.2. The standard InChI is InChI=1S/C39H27N5S/c1-40-37(27-10-4-2-5-11-27)43-38(28-12-6-3-7-13-28)41-24-26-16-17-30-23-31(19-18-29(30)22-26)32-20-21-35-42-36-33-14-8-9-15-34(33)45-39(36)44(35)25-32/h2-23,25H,1,24H2/b41-38-,43-37-. The van der Waals surface area contributed by atoms with Crippen LogP contribution in [-0.2, 0) is 6.54 Å². The number of rotatable bonds is 5. The Balaban J connectivity index is 1.11. The highest BCUT2D eigenvalue weighted by Crippen LogP contribution is 2.35. The normalized spacial score (nSPS) is 12.4. The van der Waals surface area contributed by atoms with Crippen LogP contribution in [0.3, 0.4) is 0 Å². The molecule has 0 saturated carbocycles. The van der Waals surface area contributed by atoms with Gasteiger partial charge in [-0.2, -0.15) is 0 Å². The first-order valence-corrected chi connectivity index (χ1v) is 15.6. The summed E-state index contributed by atoms with van der Waals surface area (Å²) in [5.41, 5.74) is 7.31. The van der Waals surface area contributed by atoms with Gasteiger partial charge >= 0.3 is 0 Å². The van der Waals surface area contributed by atoms with Gasteiger partial charge in [-0.3, -0.25) is 9.39 Å². The van der Waals surface area contributed by atoms with Gasteiger partial charge in [0.2, 0.25) is 0 Å². The minimum atomic E-state index is 0.493. The molecular weight excluding hydrogens is 571 g/mol. The highest BCUT2D eigenvalue weighted by molar-refractivity contribution is 7.25. The molecule has 0 aliphatic carbocycles. The lowest BCUT2D eigenvalue weighted by atomic mass is 10.0. The third-order valence-corrected chi connectivity index (χ3v) is 9.16. The van der Waals surface area contributed by atoms with Crippen LogP contribution in [-0.4, -0.2) is 27.8 Å². The lowest BCUT2D eigenvalue weighted by Gasteiger charge is -2.08. The van der Waals surface area contributed by atoms with Crippen molar-refractivity contribution >= 4 is 66.6 Å². The van der Waals surface area contributed by atoms with E-state index in [0.717, 1.165) is 33.4 Å². The average molecular weight is 598 g/mol. The zero-order valence-corrected chi connectivity index (χ0v) is 25.2. The Morgan fingerprint density at radius 2 is 1.38 bits per heavy atom. The number of pyridine rings is 1. The quantitative estimate of drug-likeness (QED) is 0.144. The molecule has 3 aromatic heterocycles. The topological polar surface area (TPSA) is 54.4 Å². The number of aliphatic imine (C=N–C) groups is 3. The van der Waals surface area contributed by atoms with E-state index in [1.54, 1.807) is 11.3 Å². The summed E-state index contributed by atoms with van der Waals surface area (Å²) in [4.78, 5) is 20.1. The summed E-state index contributed by atoms with van der Waals surface area (Å²) in [6.07, 6.45) is 2.21. The largest absolute Gasteiger partial charge is 0.290 e. The molecule has 0 N–H and O–H groups in total. The lowest BCUT2D eigenvalue weighted by Crippen LogP contribution is -2.05. The van der Waals surface area contributed by atoms with Crippen LogP contribution >= 0.6 is 11.3 Å². The summed E-state index contributed by atoms with van der Waals surface area (Å²) in [5, 5.41) is 3.57. The van der Waals surface area contributed by atoms with Gasteiger partial charge in [-0.05, 0) is 64.5 Å². The molecule has 0 spiro atoms. The molecule has 0 amide bonds. The van der Waals surface area contributed by atoms with Crippen molar-refractivity contribution in [2.75, 3.05) is 0 Å². The fraction of sp³-hybridized carbons (Fsp3) is 0.0256. The zero-order valence-electron chi connectivity index (χ0n) is 24.3. The Labute approximate surface area is 264 Å². The molecule has 5 nitrogen and oxygen atoms in total. The number of nitrogens with zero attached hydrogens (tertiary/aromatic N) is 5. The van der Waals surface area contributed by atoms with Crippen LogP contribution in [0.25, 0.3) is 48.0 Å². The predicted molar refractivity (Wildman–Crippen MR) is 190 cm³/mol. The maximum atomic E-state index is 4.95. The number of benzene rings is 5. The molecule has 3 heterocycles. The third-order valence-electron chi connectivity index (χ3n) is 8.00. The summed E-state index contributed by atoms with van der Waals surface area (Å²) in [7, 11) is 0. The van der Waals surface area contributed by atoms with Gasteiger partial charge in [0.1, 0.15) is 16.0 Å². The van der Waals surface area contributed by atoms with Crippen molar-refractivity contribution in [1.29, 1.82) is 0 Å². The Morgan fingerprint density at radius 1 is 0.689 bits per heavy atom. The highest BCUT2D eigenvalue weighted by Gasteiger charge is 2.13. The first kappa shape index (κ1) is 26.9. The van der Waals surface area contributed by atoms with E-state index in [1.807, 2.05) is 60.7 Å². The molecule has 0 radical (unpaired) electrons. The Morgan fingerprint density at radius 3 is 2.18 bits per heavy atom. The van der Waals surface area contributed by atoms with Crippen molar-refractivity contribution in [2.45, 2.75) is 6.54 Å². The molecule has 0 atom stereocenters. The van der Waals surface area contributed by atoms with Gasteiger partial charge in [0, 0.05) is 27.4 Å². The average Bonchev–Trinajstić information content (AvgIpc) is 3.65. The maximum absolute atomic E-state index is 4.95. The summed E-state index contributed by atoms with van der Waals surface area (Å²) in [6, 6.07) is 45.8. The monoisotopic (exact) mass is 597 g/mol. The Hall–Kier alpha value is -5.72. The van der Waals surface area contributed by atoms with Crippen LogP contribution in [0, 0.1) is 0 Å². The molecule has 5 aromatic carbocycles. The summed E-state index contributed by atoms with van der Waals surface area (Å²) >= 11 is 1.79.